The molecule has 1 atom stereocenters. The van der Waals surface area contributed by atoms with E-state index < -0.39 is 0 Å². The molecular formula is C21H31N3O2. The second-order valence-electron chi connectivity index (χ2n) is 7.67. The number of carbonyl (C=O) groups excluding carboxylic acids is 2. The normalized spacial score (nSPS) is 21.2. The Kier molecular flexibility index (Phi) is 6.30. The van der Waals surface area contributed by atoms with Gasteiger partial charge in [0.2, 0.25) is 11.8 Å². The summed E-state index contributed by atoms with van der Waals surface area (Å²) in [5.41, 5.74) is 2.34. The molecule has 1 aromatic rings. The average molecular weight is 357 g/mol. The van der Waals surface area contributed by atoms with Gasteiger partial charge in [0, 0.05) is 32.1 Å². The molecule has 142 valence electrons. The van der Waals surface area contributed by atoms with E-state index in [1.807, 2.05) is 4.90 Å². The minimum absolute atomic E-state index is 0.102. The van der Waals surface area contributed by atoms with Gasteiger partial charge in [-0.15, -0.1) is 0 Å². The van der Waals surface area contributed by atoms with Crippen molar-refractivity contribution < 1.29 is 9.59 Å². The maximum atomic E-state index is 13.1. The van der Waals surface area contributed by atoms with Crippen LogP contribution in [0.4, 0.5) is 0 Å². The summed E-state index contributed by atoms with van der Waals surface area (Å²) in [5, 5.41) is 3.37. The van der Waals surface area contributed by atoms with Crippen LogP contribution in [0.3, 0.4) is 0 Å². The standard InChI is InChI=1S/C21H31N3O2/c1-3-12-24(19-8-10-22-11-9-19)21(26)18-13-20(25)23(15-18)14-17-6-4-16(2)5-7-17/h4-7,18-19,22H,3,8-15H2,1-2H3. The molecule has 3 rings (SSSR count). The molecule has 2 aliphatic rings. The number of rotatable bonds is 6. The van der Waals surface area contributed by atoms with Crippen LogP contribution in [0.5, 0.6) is 0 Å². The van der Waals surface area contributed by atoms with Gasteiger partial charge in [-0.2, -0.15) is 0 Å². The number of hydrogen-bond acceptors (Lipinski definition) is 3. The van der Waals surface area contributed by atoms with Crippen LogP contribution in [0, 0.1) is 12.8 Å². The Balaban J connectivity index is 1.63. The van der Waals surface area contributed by atoms with Crippen molar-refractivity contribution in [3.63, 3.8) is 0 Å². The van der Waals surface area contributed by atoms with E-state index in [-0.39, 0.29) is 17.7 Å². The number of amides is 2. The summed E-state index contributed by atoms with van der Waals surface area (Å²) in [4.78, 5) is 29.5. The van der Waals surface area contributed by atoms with Crippen molar-refractivity contribution in [3.8, 4) is 0 Å². The minimum atomic E-state index is -0.186. The van der Waals surface area contributed by atoms with E-state index in [1.165, 1.54) is 5.56 Å². The number of benzene rings is 1. The zero-order valence-corrected chi connectivity index (χ0v) is 16.0. The number of likely N-dealkylation sites (tertiary alicyclic amines) is 1. The van der Waals surface area contributed by atoms with Gasteiger partial charge >= 0.3 is 0 Å². The Hall–Kier alpha value is -1.88. The predicted molar refractivity (Wildman–Crippen MR) is 103 cm³/mol. The quantitative estimate of drug-likeness (QED) is 0.850. The highest BCUT2D eigenvalue weighted by molar-refractivity contribution is 5.89. The van der Waals surface area contributed by atoms with Gasteiger partial charge in [-0.1, -0.05) is 36.8 Å². The first-order chi connectivity index (χ1) is 12.6. The molecule has 0 spiro atoms. The molecule has 5 heteroatoms. The van der Waals surface area contributed by atoms with Crippen LogP contribution in [0.15, 0.2) is 24.3 Å². The summed E-state index contributed by atoms with van der Waals surface area (Å²) in [6.07, 6.45) is 3.35. The van der Waals surface area contributed by atoms with Gasteiger partial charge in [0.05, 0.1) is 5.92 Å². The zero-order valence-electron chi connectivity index (χ0n) is 16.0. The number of nitrogens with zero attached hydrogens (tertiary/aromatic N) is 2. The highest BCUT2D eigenvalue weighted by Crippen LogP contribution is 2.25. The Morgan fingerprint density at radius 3 is 2.58 bits per heavy atom. The van der Waals surface area contributed by atoms with Gasteiger partial charge in [0.1, 0.15) is 0 Å². The lowest BCUT2D eigenvalue weighted by Crippen LogP contribution is -2.48. The molecule has 0 radical (unpaired) electrons. The van der Waals surface area contributed by atoms with Crippen LogP contribution < -0.4 is 5.32 Å². The van der Waals surface area contributed by atoms with Crippen molar-refractivity contribution in [1.29, 1.82) is 0 Å². The van der Waals surface area contributed by atoms with Gasteiger partial charge in [-0.05, 0) is 44.8 Å². The van der Waals surface area contributed by atoms with Crippen molar-refractivity contribution in [1.82, 2.24) is 15.1 Å². The molecule has 5 nitrogen and oxygen atoms in total. The highest BCUT2D eigenvalue weighted by atomic mass is 16.2. The van der Waals surface area contributed by atoms with Gasteiger partial charge in [-0.25, -0.2) is 0 Å². The number of nitrogens with one attached hydrogen (secondary N) is 1. The summed E-state index contributed by atoms with van der Waals surface area (Å²) < 4.78 is 0. The first kappa shape index (κ1) is 18.9. The van der Waals surface area contributed by atoms with E-state index >= 15 is 0 Å². The van der Waals surface area contributed by atoms with Crippen LogP contribution in [0.1, 0.15) is 43.7 Å². The molecule has 1 unspecified atom stereocenters. The lowest BCUT2D eigenvalue weighted by atomic mass is 10.0. The molecule has 0 bridgehead atoms. The molecule has 1 aromatic carbocycles. The van der Waals surface area contributed by atoms with Gasteiger partial charge in [0.15, 0.2) is 0 Å². The summed E-state index contributed by atoms with van der Waals surface area (Å²) in [7, 11) is 0. The Morgan fingerprint density at radius 1 is 1.23 bits per heavy atom. The molecular weight excluding hydrogens is 326 g/mol. The SMILES string of the molecule is CCCN(C(=O)C1CC(=O)N(Cc2ccc(C)cc2)C1)C1CCNCC1. The van der Waals surface area contributed by atoms with Gasteiger partial charge in [-0.3, -0.25) is 9.59 Å². The highest BCUT2D eigenvalue weighted by Gasteiger charge is 2.38. The van der Waals surface area contributed by atoms with Crippen molar-refractivity contribution in [2.45, 2.75) is 52.1 Å². The van der Waals surface area contributed by atoms with E-state index in [0.717, 1.165) is 44.5 Å². The molecule has 2 amide bonds. The fourth-order valence-corrected chi connectivity index (χ4v) is 4.07. The number of hydrogen-bond donors (Lipinski definition) is 1. The van der Waals surface area contributed by atoms with E-state index in [0.29, 0.717) is 25.6 Å². The van der Waals surface area contributed by atoms with Gasteiger partial charge in [0.25, 0.3) is 0 Å². The monoisotopic (exact) mass is 357 g/mol. The fourth-order valence-electron chi connectivity index (χ4n) is 4.07. The average Bonchev–Trinajstić information content (AvgIpc) is 3.02. The van der Waals surface area contributed by atoms with Crippen molar-refractivity contribution in [2.75, 3.05) is 26.2 Å². The van der Waals surface area contributed by atoms with E-state index in [2.05, 4.69) is 48.3 Å². The summed E-state index contributed by atoms with van der Waals surface area (Å²) in [6, 6.07) is 8.59. The Bertz CT molecular complexity index is 623. The fraction of sp³-hybridized carbons (Fsp3) is 0.619. The first-order valence-corrected chi connectivity index (χ1v) is 9.93. The number of piperidine rings is 1. The predicted octanol–water partition coefficient (Wildman–Crippen LogP) is 2.33. The third-order valence-electron chi connectivity index (χ3n) is 5.55. The molecule has 0 aliphatic carbocycles. The second-order valence-corrected chi connectivity index (χ2v) is 7.67. The molecule has 1 N–H and O–H groups in total. The van der Waals surface area contributed by atoms with Crippen molar-refractivity contribution >= 4 is 11.8 Å². The van der Waals surface area contributed by atoms with Crippen LogP contribution in [-0.2, 0) is 16.1 Å². The maximum Gasteiger partial charge on any atom is 0.228 e. The number of carbonyl (C=O) groups is 2. The van der Waals surface area contributed by atoms with Gasteiger partial charge < -0.3 is 15.1 Å². The lowest BCUT2D eigenvalue weighted by molar-refractivity contribution is -0.138. The molecule has 2 fully saturated rings. The van der Waals surface area contributed by atoms with Crippen molar-refractivity contribution in [2.24, 2.45) is 5.92 Å². The largest absolute Gasteiger partial charge is 0.339 e. The van der Waals surface area contributed by atoms with Crippen molar-refractivity contribution in [3.05, 3.63) is 35.4 Å². The summed E-state index contributed by atoms with van der Waals surface area (Å²) in [6.45, 7) is 8.07. The van der Waals surface area contributed by atoms with Crippen LogP contribution >= 0.6 is 0 Å². The maximum absolute atomic E-state index is 13.1. The third kappa shape index (κ3) is 4.44. The minimum Gasteiger partial charge on any atom is -0.339 e. The zero-order chi connectivity index (χ0) is 18.5. The van der Waals surface area contributed by atoms with Crippen LogP contribution in [0.25, 0.3) is 0 Å². The molecule has 2 saturated heterocycles. The van der Waals surface area contributed by atoms with E-state index in [9.17, 15) is 9.59 Å². The molecule has 0 saturated carbocycles. The van der Waals surface area contributed by atoms with E-state index in [4.69, 9.17) is 0 Å². The molecule has 26 heavy (non-hydrogen) atoms. The van der Waals surface area contributed by atoms with E-state index in [1.54, 1.807) is 0 Å². The third-order valence-corrected chi connectivity index (χ3v) is 5.55. The molecule has 2 aliphatic heterocycles. The number of aryl methyl sites for hydroxylation is 1. The topological polar surface area (TPSA) is 52.7 Å². The first-order valence-electron chi connectivity index (χ1n) is 9.93. The summed E-state index contributed by atoms with van der Waals surface area (Å²) >= 11 is 0. The Morgan fingerprint density at radius 2 is 1.92 bits per heavy atom. The van der Waals surface area contributed by atoms with Crippen LogP contribution in [0.2, 0.25) is 0 Å². The second kappa shape index (κ2) is 8.67. The smallest absolute Gasteiger partial charge is 0.228 e. The summed E-state index contributed by atoms with van der Waals surface area (Å²) in [5.74, 6) is 0.0959. The lowest BCUT2D eigenvalue weighted by Gasteiger charge is -2.36. The molecule has 2 heterocycles. The molecule has 0 aromatic heterocycles. The Labute approximate surface area is 156 Å². The van der Waals surface area contributed by atoms with Crippen LogP contribution in [-0.4, -0.2) is 53.8 Å².